The monoisotopic (exact) mass is 283 g/mol. The summed E-state index contributed by atoms with van der Waals surface area (Å²) in [5, 5.41) is 3.48. The van der Waals surface area contributed by atoms with E-state index in [9.17, 15) is 0 Å². The van der Waals surface area contributed by atoms with E-state index >= 15 is 0 Å². The molecule has 0 heterocycles. The average molecular weight is 284 g/mol. The van der Waals surface area contributed by atoms with Gasteiger partial charge in [0.05, 0.1) is 0 Å². The minimum Gasteiger partial charge on any atom is -0.317 e. The fourth-order valence-electron chi connectivity index (χ4n) is 2.70. The van der Waals surface area contributed by atoms with Crippen molar-refractivity contribution < 1.29 is 0 Å². The zero-order chi connectivity index (χ0) is 14.9. The van der Waals surface area contributed by atoms with E-state index < -0.39 is 0 Å². The molecule has 0 unspecified atom stereocenters. The molecule has 0 spiro atoms. The van der Waals surface area contributed by atoms with Gasteiger partial charge in [0.15, 0.2) is 0 Å². The second-order valence-electron chi connectivity index (χ2n) is 6.82. The summed E-state index contributed by atoms with van der Waals surface area (Å²) in [5.41, 5.74) is 0. The first-order valence-electron chi connectivity index (χ1n) is 9.48. The molecule has 0 aliphatic carbocycles. The van der Waals surface area contributed by atoms with E-state index in [4.69, 9.17) is 0 Å². The molecule has 0 aromatic heterocycles. The van der Waals surface area contributed by atoms with Crippen molar-refractivity contribution in [1.29, 1.82) is 0 Å². The first-order chi connectivity index (χ1) is 9.77. The Hall–Kier alpha value is -0.0400. The highest BCUT2D eigenvalue weighted by molar-refractivity contribution is 4.51. The third kappa shape index (κ3) is 18.0. The fraction of sp³-hybridized carbons (Fsp3) is 1.00. The Bertz CT molecular complexity index is 165. The Labute approximate surface area is 129 Å². The Morgan fingerprint density at radius 2 is 1.05 bits per heavy atom. The highest BCUT2D eigenvalue weighted by Gasteiger charge is 1.95. The Morgan fingerprint density at radius 1 is 0.600 bits per heavy atom. The molecule has 0 fully saturated rings. The highest BCUT2D eigenvalue weighted by Crippen LogP contribution is 2.13. The van der Waals surface area contributed by atoms with Gasteiger partial charge in [-0.05, 0) is 31.8 Å². The van der Waals surface area contributed by atoms with E-state index in [0.717, 1.165) is 5.92 Å². The van der Waals surface area contributed by atoms with Crippen molar-refractivity contribution in [1.82, 2.24) is 5.32 Å². The van der Waals surface area contributed by atoms with E-state index in [1.165, 1.54) is 96.6 Å². The lowest BCUT2D eigenvalue weighted by Crippen LogP contribution is -2.15. The molecule has 0 aromatic carbocycles. The highest BCUT2D eigenvalue weighted by atomic mass is 14.8. The van der Waals surface area contributed by atoms with Gasteiger partial charge in [0.25, 0.3) is 0 Å². The van der Waals surface area contributed by atoms with Gasteiger partial charge in [0, 0.05) is 0 Å². The maximum absolute atomic E-state index is 3.48. The zero-order valence-corrected chi connectivity index (χ0v) is 14.7. The van der Waals surface area contributed by atoms with Crippen LogP contribution in [0.4, 0.5) is 0 Å². The molecule has 0 saturated carbocycles. The largest absolute Gasteiger partial charge is 0.317 e. The minimum absolute atomic E-state index is 0.896. The van der Waals surface area contributed by atoms with Crippen molar-refractivity contribution in [2.24, 2.45) is 5.92 Å². The van der Waals surface area contributed by atoms with Crippen LogP contribution in [0.15, 0.2) is 0 Å². The topological polar surface area (TPSA) is 12.0 Å². The summed E-state index contributed by atoms with van der Waals surface area (Å²) in [5.74, 6) is 0.896. The van der Waals surface area contributed by atoms with E-state index in [1.807, 2.05) is 0 Å². The summed E-state index contributed by atoms with van der Waals surface area (Å²) in [6, 6.07) is 0. The van der Waals surface area contributed by atoms with Crippen LogP contribution in [-0.4, -0.2) is 13.1 Å². The van der Waals surface area contributed by atoms with Gasteiger partial charge in [-0.3, -0.25) is 0 Å². The molecule has 20 heavy (non-hydrogen) atoms. The molecular formula is C19H41N. The molecule has 0 radical (unpaired) electrons. The van der Waals surface area contributed by atoms with Crippen LogP contribution < -0.4 is 5.32 Å². The van der Waals surface area contributed by atoms with Crippen LogP contribution in [0.1, 0.15) is 104 Å². The molecule has 1 heteroatoms. The van der Waals surface area contributed by atoms with Crippen LogP contribution in [0, 0.1) is 5.92 Å². The van der Waals surface area contributed by atoms with Crippen molar-refractivity contribution in [2.75, 3.05) is 13.1 Å². The molecule has 0 atom stereocenters. The van der Waals surface area contributed by atoms with Gasteiger partial charge in [-0.2, -0.15) is 0 Å². The molecule has 0 bridgehead atoms. The van der Waals surface area contributed by atoms with E-state index in [-0.39, 0.29) is 0 Å². The second-order valence-corrected chi connectivity index (χ2v) is 6.82. The minimum atomic E-state index is 0.896. The predicted octanol–water partition coefficient (Wildman–Crippen LogP) is 6.32. The first-order valence-corrected chi connectivity index (χ1v) is 9.48. The van der Waals surface area contributed by atoms with Crippen molar-refractivity contribution in [3.63, 3.8) is 0 Å². The van der Waals surface area contributed by atoms with Crippen molar-refractivity contribution in [3.05, 3.63) is 0 Å². The molecule has 1 N–H and O–H groups in total. The van der Waals surface area contributed by atoms with E-state index in [0.29, 0.717) is 0 Å². The van der Waals surface area contributed by atoms with Crippen LogP contribution in [0.25, 0.3) is 0 Å². The number of rotatable bonds is 16. The number of hydrogen-bond acceptors (Lipinski definition) is 1. The van der Waals surface area contributed by atoms with Gasteiger partial charge in [0.2, 0.25) is 0 Å². The molecule has 0 aromatic rings. The molecule has 122 valence electrons. The maximum Gasteiger partial charge on any atom is -0.00489 e. The van der Waals surface area contributed by atoms with E-state index in [1.54, 1.807) is 0 Å². The summed E-state index contributed by atoms with van der Waals surface area (Å²) in [6.45, 7) is 9.32. The van der Waals surface area contributed by atoms with E-state index in [2.05, 4.69) is 26.1 Å². The number of unbranched alkanes of at least 4 members (excludes halogenated alkanes) is 10. The lowest BCUT2D eigenvalue weighted by Gasteiger charge is -2.05. The molecule has 0 aliphatic heterocycles. The summed E-state index contributed by atoms with van der Waals surface area (Å²) in [7, 11) is 0. The smallest absolute Gasteiger partial charge is 0.00489 e. The molecule has 0 amide bonds. The average Bonchev–Trinajstić information content (AvgIpc) is 2.43. The predicted molar refractivity (Wildman–Crippen MR) is 93.4 cm³/mol. The van der Waals surface area contributed by atoms with Gasteiger partial charge in [0.1, 0.15) is 0 Å². The van der Waals surface area contributed by atoms with Crippen molar-refractivity contribution in [2.45, 2.75) is 104 Å². The van der Waals surface area contributed by atoms with Crippen LogP contribution in [0.3, 0.4) is 0 Å². The van der Waals surface area contributed by atoms with Gasteiger partial charge < -0.3 is 5.32 Å². The molecular weight excluding hydrogens is 242 g/mol. The van der Waals surface area contributed by atoms with Crippen LogP contribution in [-0.2, 0) is 0 Å². The van der Waals surface area contributed by atoms with Gasteiger partial charge in [-0.15, -0.1) is 0 Å². The van der Waals surface area contributed by atoms with Crippen LogP contribution in [0.5, 0.6) is 0 Å². The fourth-order valence-corrected chi connectivity index (χ4v) is 2.70. The molecule has 0 rings (SSSR count). The first kappa shape index (κ1) is 20.0. The number of hydrogen-bond donors (Lipinski definition) is 1. The Morgan fingerprint density at radius 3 is 1.50 bits per heavy atom. The quantitative estimate of drug-likeness (QED) is 0.327. The van der Waals surface area contributed by atoms with Crippen molar-refractivity contribution in [3.8, 4) is 0 Å². The summed E-state index contributed by atoms with van der Waals surface area (Å²) in [4.78, 5) is 0. The second kappa shape index (κ2) is 17.0. The van der Waals surface area contributed by atoms with Gasteiger partial charge >= 0.3 is 0 Å². The lowest BCUT2D eigenvalue weighted by atomic mass is 10.0. The standard InChI is InChI=1S/C19H41N/c1-4-17-20-18-15-13-11-9-7-5-6-8-10-12-14-16-19(2)3/h19-20H,4-18H2,1-3H3. The summed E-state index contributed by atoms with van der Waals surface area (Å²) in [6.07, 6.45) is 18.6. The number of nitrogens with one attached hydrogen (secondary N) is 1. The summed E-state index contributed by atoms with van der Waals surface area (Å²) >= 11 is 0. The van der Waals surface area contributed by atoms with Gasteiger partial charge in [-0.1, -0.05) is 91.4 Å². The summed E-state index contributed by atoms with van der Waals surface area (Å²) < 4.78 is 0. The lowest BCUT2D eigenvalue weighted by molar-refractivity contribution is 0.503. The third-order valence-electron chi connectivity index (χ3n) is 4.06. The Kier molecular flexibility index (Phi) is 17.0. The maximum atomic E-state index is 3.48. The third-order valence-corrected chi connectivity index (χ3v) is 4.06. The van der Waals surface area contributed by atoms with Gasteiger partial charge in [-0.25, -0.2) is 0 Å². The molecule has 0 aliphatic rings. The Balaban J connectivity index is 2.92. The normalized spacial score (nSPS) is 11.4. The van der Waals surface area contributed by atoms with Crippen LogP contribution >= 0.6 is 0 Å². The SMILES string of the molecule is CCCNCCCCCCCCCCCCCC(C)C. The van der Waals surface area contributed by atoms with Crippen molar-refractivity contribution >= 4 is 0 Å². The molecule has 1 nitrogen and oxygen atoms in total. The molecule has 0 saturated heterocycles. The van der Waals surface area contributed by atoms with Crippen LogP contribution in [0.2, 0.25) is 0 Å². The zero-order valence-electron chi connectivity index (χ0n) is 14.7.